The van der Waals surface area contributed by atoms with E-state index in [2.05, 4.69) is 42.2 Å². The van der Waals surface area contributed by atoms with Crippen LogP contribution in [0.1, 0.15) is 129 Å². The number of halogens is 3. The van der Waals surface area contributed by atoms with Crippen molar-refractivity contribution >= 4 is 40.2 Å². The standard InChI is InChI=1S/C49H54F3N9O5/c1-47(2,66)34-21-37-28(20-33(34)43-53-24-38(56-43)35-7-5-9-40(55-35)49(50,51)52)26-60(58-37)31-12-10-27(11-13-31)25-59(3)30-16-18-48(19-17-30)22-29(23-48)54-36-8-4-6-32-42(36)46(65)61(45(32)64)39-14-15-41(62)57-44(39)63/h4-9,20-21,24,26-27,29-31,39,54,66H,10-19,22-23,25H2,1-3H3,(H,53,56)(H,57,62,63). The van der Waals surface area contributed by atoms with E-state index in [4.69, 9.17) is 5.10 Å². The largest absolute Gasteiger partial charge is 0.433 e. The predicted octanol–water partition coefficient (Wildman–Crippen LogP) is 8.00. The number of piperidine rings is 1. The van der Waals surface area contributed by atoms with Gasteiger partial charge in [-0.25, -0.2) is 9.97 Å². The number of nitrogens with one attached hydrogen (secondary N) is 3. The molecule has 2 aliphatic heterocycles. The fourth-order valence-electron chi connectivity index (χ4n) is 11.5. The molecule has 5 aliphatic rings. The molecule has 3 saturated carbocycles. The maximum absolute atomic E-state index is 13.6. The van der Waals surface area contributed by atoms with Crippen LogP contribution in [0.25, 0.3) is 33.7 Å². The number of hydrogen-bond donors (Lipinski definition) is 4. The Morgan fingerprint density at radius 1 is 0.924 bits per heavy atom. The van der Waals surface area contributed by atoms with Gasteiger partial charge >= 0.3 is 6.18 Å². The predicted molar refractivity (Wildman–Crippen MR) is 239 cm³/mol. The second kappa shape index (κ2) is 16.4. The van der Waals surface area contributed by atoms with Crippen molar-refractivity contribution in [1.82, 2.24) is 39.8 Å². The molecule has 2 aromatic carbocycles. The molecule has 3 aliphatic carbocycles. The molecule has 3 aromatic heterocycles. The number of alkyl halides is 3. The highest BCUT2D eigenvalue weighted by atomic mass is 19.4. The lowest BCUT2D eigenvalue weighted by Gasteiger charge is -2.53. The number of nitrogens with zero attached hydrogens (tertiary/aromatic N) is 6. The first kappa shape index (κ1) is 43.9. The summed E-state index contributed by atoms with van der Waals surface area (Å²) < 4.78 is 42.2. The van der Waals surface area contributed by atoms with Crippen molar-refractivity contribution in [2.45, 2.75) is 127 Å². The second-order valence-electron chi connectivity index (χ2n) is 19.9. The van der Waals surface area contributed by atoms with Gasteiger partial charge in [-0.1, -0.05) is 12.1 Å². The molecule has 14 nitrogen and oxygen atoms in total. The average Bonchev–Trinajstić information content (AvgIpc) is 4.00. The molecule has 4 amide bonds. The van der Waals surface area contributed by atoms with Crippen molar-refractivity contribution in [3.05, 3.63) is 83.3 Å². The minimum absolute atomic E-state index is 0.0806. The van der Waals surface area contributed by atoms with Gasteiger partial charge in [-0.3, -0.25) is 34.1 Å². The van der Waals surface area contributed by atoms with Crippen molar-refractivity contribution in [2.75, 3.05) is 18.9 Å². The number of aromatic nitrogens is 5. The number of anilines is 1. The maximum atomic E-state index is 13.6. The highest BCUT2D eigenvalue weighted by Gasteiger charge is 2.49. The zero-order valence-electron chi connectivity index (χ0n) is 37.3. The number of aliphatic hydroxyl groups is 1. The zero-order valence-corrected chi connectivity index (χ0v) is 37.3. The van der Waals surface area contributed by atoms with Crippen LogP contribution in [0.4, 0.5) is 18.9 Å². The molecule has 5 aromatic rings. The van der Waals surface area contributed by atoms with Gasteiger partial charge in [0.2, 0.25) is 11.8 Å². The van der Waals surface area contributed by atoms with E-state index in [1.807, 2.05) is 24.4 Å². The minimum atomic E-state index is -4.57. The van der Waals surface area contributed by atoms with Crippen molar-refractivity contribution in [1.29, 1.82) is 0 Å². The summed E-state index contributed by atoms with van der Waals surface area (Å²) in [6, 6.07) is 12.7. The molecule has 4 fully saturated rings. The van der Waals surface area contributed by atoms with E-state index in [0.717, 1.165) is 92.6 Å². The lowest BCUT2D eigenvalue weighted by molar-refractivity contribution is -0.141. The number of fused-ring (bicyclic) bond motifs is 2. The summed E-state index contributed by atoms with van der Waals surface area (Å²) in [4.78, 5) is 66.2. The second-order valence-corrected chi connectivity index (χ2v) is 19.9. The Morgan fingerprint density at radius 2 is 1.67 bits per heavy atom. The highest BCUT2D eigenvalue weighted by Crippen LogP contribution is 2.53. The molecule has 17 heteroatoms. The summed E-state index contributed by atoms with van der Waals surface area (Å²) in [5, 5.41) is 22.9. The number of hydrogen-bond acceptors (Lipinski definition) is 10. The van der Waals surface area contributed by atoms with E-state index in [9.17, 15) is 37.5 Å². The Hall–Kier alpha value is -5.94. The molecule has 1 unspecified atom stereocenters. The summed E-state index contributed by atoms with van der Waals surface area (Å²) in [6.07, 6.45) is 9.93. The average molecular weight is 906 g/mol. The first-order chi connectivity index (χ1) is 31.4. The monoisotopic (exact) mass is 905 g/mol. The molecule has 1 atom stereocenters. The number of imide groups is 2. The fraction of sp³-hybridized carbons (Fsp3) is 0.490. The van der Waals surface area contributed by atoms with Crippen LogP contribution in [-0.2, 0) is 21.4 Å². The van der Waals surface area contributed by atoms with Gasteiger partial charge in [-0.05, 0) is 145 Å². The Morgan fingerprint density at radius 3 is 2.38 bits per heavy atom. The van der Waals surface area contributed by atoms with Crippen LogP contribution in [0, 0.1) is 11.3 Å². The number of aromatic amines is 1. The van der Waals surface area contributed by atoms with E-state index in [1.165, 1.54) is 18.3 Å². The van der Waals surface area contributed by atoms with Gasteiger partial charge in [0.1, 0.15) is 17.6 Å². The first-order valence-corrected chi connectivity index (χ1v) is 23.1. The SMILES string of the molecule is CN(CC1CCC(n2cc3cc(-c4ncc(-c5cccc(C(F)(F)F)n5)[nH]4)c(C(C)(C)O)cc3n2)CC1)C1CCC2(CC1)CC(Nc1cccc3c1C(=O)N(C1CCC(=O)NC1=O)C3=O)C2. The van der Waals surface area contributed by atoms with Gasteiger partial charge in [0.15, 0.2) is 0 Å². The van der Waals surface area contributed by atoms with Crippen molar-refractivity contribution in [2.24, 2.45) is 11.3 Å². The van der Waals surface area contributed by atoms with Crippen LogP contribution in [0.3, 0.4) is 0 Å². The normalized spacial score (nSPS) is 26.0. The van der Waals surface area contributed by atoms with Crippen LogP contribution in [0.15, 0.2) is 60.9 Å². The molecule has 4 N–H and O–H groups in total. The van der Waals surface area contributed by atoms with E-state index < -0.39 is 47.1 Å². The molecular weight excluding hydrogens is 852 g/mol. The molecule has 66 heavy (non-hydrogen) atoms. The fourth-order valence-corrected chi connectivity index (χ4v) is 11.5. The summed E-state index contributed by atoms with van der Waals surface area (Å²) in [6.45, 7) is 4.43. The number of H-pyrrole nitrogens is 1. The molecular formula is C49H54F3N9O5. The number of imidazole rings is 1. The quantitative estimate of drug-likeness (QED) is 0.100. The summed E-state index contributed by atoms with van der Waals surface area (Å²) in [5.41, 5.74) is 1.69. The van der Waals surface area contributed by atoms with E-state index in [0.29, 0.717) is 45.9 Å². The molecule has 1 spiro atoms. The zero-order chi connectivity index (χ0) is 46.3. The number of rotatable bonds is 10. The van der Waals surface area contributed by atoms with Gasteiger partial charge in [-0.15, -0.1) is 0 Å². The van der Waals surface area contributed by atoms with E-state index in [-0.39, 0.29) is 41.6 Å². The van der Waals surface area contributed by atoms with E-state index >= 15 is 0 Å². The molecule has 5 heterocycles. The number of amides is 4. The van der Waals surface area contributed by atoms with Crippen LogP contribution in [0.2, 0.25) is 0 Å². The Balaban J connectivity index is 0.721. The lowest BCUT2D eigenvalue weighted by Crippen LogP contribution is -2.54. The topological polar surface area (TPSA) is 178 Å². The third kappa shape index (κ3) is 8.18. The number of carbonyl (C=O) groups is 4. The maximum Gasteiger partial charge on any atom is 0.433 e. The summed E-state index contributed by atoms with van der Waals surface area (Å²) in [5.74, 6) is -1.00. The Labute approximate surface area is 379 Å². The van der Waals surface area contributed by atoms with Gasteiger partial charge in [0.25, 0.3) is 11.8 Å². The summed E-state index contributed by atoms with van der Waals surface area (Å²) >= 11 is 0. The van der Waals surface area contributed by atoms with Gasteiger partial charge in [0.05, 0.1) is 45.9 Å². The third-order valence-electron chi connectivity index (χ3n) is 15.0. The van der Waals surface area contributed by atoms with Crippen molar-refractivity contribution in [3.63, 3.8) is 0 Å². The van der Waals surface area contributed by atoms with Crippen LogP contribution < -0.4 is 10.6 Å². The Kier molecular flexibility index (Phi) is 10.9. The molecule has 0 radical (unpaired) electrons. The highest BCUT2D eigenvalue weighted by molar-refractivity contribution is 6.25. The number of pyridine rings is 1. The van der Waals surface area contributed by atoms with Crippen molar-refractivity contribution in [3.8, 4) is 22.8 Å². The molecule has 0 bridgehead atoms. The van der Waals surface area contributed by atoms with Gasteiger partial charge in [-0.2, -0.15) is 18.3 Å². The van der Waals surface area contributed by atoms with Crippen LogP contribution in [0.5, 0.6) is 0 Å². The minimum Gasteiger partial charge on any atom is -0.386 e. The lowest BCUT2D eigenvalue weighted by atomic mass is 9.57. The number of benzene rings is 2. The first-order valence-electron chi connectivity index (χ1n) is 23.1. The van der Waals surface area contributed by atoms with Gasteiger partial charge < -0.3 is 20.3 Å². The smallest absolute Gasteiger partial charge is 0.386 e. The van der Waals surface area contributed by atoms with Crippen LogP contribution >= 0.6 is 0 Å². The molecule has 10 rings (SSSR count). The van der Waals surface area contributed by atoms with E-state index in [1.54, 1.807) is 26.0 Å². The number of carbonyl (C=O) groups excluding carboxylic acids is 4. The summed E-state index contributed by atoms with van der Waals surface area (Å²) in [7, 11) is 2.27. The van der Waals surface area contributed by atoms with Gasteiger partial charge in [0, 0.05) is 47.9 Å². The Bertz CT molecular complexity index is 2730. The molecule has 346 valence electrons. The van der Waals surface area contributed by atoms with Crippen molar-refractivity contribution < 1.29 is 37.5 Å². The third-order valence-corrected chi connectivity index (χ3v) is 15.0. The molecule has 1 saturated heterocycles. The van der Waals surface area contributed by atoms with Crippen LogP contribution in [-0.4, -0.2) is 95.0 Å².